The number of nitrogens with zero attached hydrogens (tertiary/aromatic N) is 1. The van der Waals surface area contributed by atoms with Crippen molar-refractivity contribution in [1.29, 1.82) is 0 Å². The Hall–Kier alpha value is -1.89. The number of nitrogens with one attached hydrogen (secondary N) is 2. The zero-order chi connectivity index (χ0) is 15.9. The Bertz CT molecular complexity index is 504. The quantitative estimate of drug-likeness (QED) is 0.817. The van der Waals surface area contributed by atoms with Crippen LogP contribution in [0.3, 0.4) is 0 Å². The number of amides is 2. The summed E-state index contributed by atoms with van der Waals surface area (Å²) >= 11 is 1.48. The number of ether oxygens (including phenoxy) is 1. The number of hydrogen-bond acceptors (Lipinski definition) is 5. The third-order valence-electron chi connectivity index (χ3n) is 2.30. The lowest BCUT2D eigenvalue weighted by Crippen LogP contribution is -2.33. The van der Waals surface area contributed by atoms with Gasteiger partial charge in [-0.3, -0.25) is 4.79 Å². The van der Waals surface area contributed by atoms with Crippen LogP contribution in [0.4, 0.5) is 4.79 Å². The summed E-state index contributed by atoms with van der Waals surface area (Å²) < 4.78 is 5.09. The Morgan fingerprint density at radius 2 is 2.10 bits per heavy atom. The third kappa shape index (κ3) is 7.45. The van der Waals surface area contributed by atoms with Gasteiger partial charge in [-0.25, -0.2) is 9.78 Å². The number of carbonyl (C=O) groups excluding carboxylic acids is 2. The monoisotopic (exact) mass is 311 g/mol. The molecule has 1 heterocycles. The van der Waals surface area contributed by atoms with Crippen molar-refractivity contribution in [3.63, 3.8) is 0 Å². The van der Waals surface area contributed by atoms with Gasteiger partial charge in [0.25, 0.3) is 0 Å². The van der Waals surface area contributed by atoms with Crippen LogP contribution < -0.4 is 10.6 Å². The molecule has 1 aromatic heterocycles. The lowest BCUT2D eigenvalue weighted by atomic mass is 10.2. The van der Waals surface area contributed by atoms with E-state index in [1.54, 1.807) is 40.0 Å². The molecule has 0 unspecified atom stereocenters. The van der Waals surface area contributed by atoms with Crippen LogP contribution in [0.15, 0.2) is 23.2 Å². The molecule has 0 bridgehead atoms. The first-order chi connectivity index (χ1) is 9.78. The second-order valence-corrected chi connectivity index (χ2v) is 6.36. The van der Waals surface area contributed by atoms with Gasteiger partial charge < -0.3 is 15.4 Å². The smallest absolute Gasteiger partial charge is 0.407 e. The van der Waals surface area contributed by atoms with Crippen molar-refractivity contribution in [2.45, 2.75) is 39.8 Å². The summed E-state index contributed by atoms with van der Waals surface area (Å²) in [5.41, 5.74) is -0.00361. The van der Waals surface area contributed by atoms with Crippen molar-refractivity contribution >= 4 is 23.3 Å². The van der Waals surface area contributed by atoms with Crippen molar-refractivity contribution in [3.8, 4) is 0 Å². The van der Waals surface area contributed by atoms with Crippen LogP contribution in [0.1, 0.15) is 32.7 Å². The summed E-state index contributed by atoms with van der Waals surface area (Å²) in [5.74, 6) is -0.184. The van der Waals surface area contributed by atoms with Crippen molar-refractivity contribution < 1.29 is 14.3 Å². The molecule has 2 amide bonds. The molecule has 6 nitrogen and oxygen atoms in total. The fourth-order valence-corrected chi connectivity index (χ4v) is 1.89. The molecule has 0 aromatic carbocycles. The average Bonchev–Trinajstić information content (AvgIpc) is 2.86. The van der Waals surface area contributed by atoms with Gasteiger partial charge in [0.1, 0.15) is 10.6 Å². The third-order valence-corrected chi connectivity index (χ3v) is 3.07. The van der Waals surface area contributed by atoms with Crippen LogP contribution in [0.2, 0.25) is 0 Å². The standard InChI is InChI=1S/C14H21N3O3S/c1-10(5-6-16-13(19)20-14(2,3)4)12(18)17-9-11-15-7-8-21-11/h5,7-8H,6,9H2,1-4H3,(H,16,19)(H,17,18)/b10-5+. The number of aromatic nitrogens is 1. The summed E-state index contributed by atoms with van der Waals surface area (Å²) in [6, 6.07) is 0. The SMILES string of the molecule is C/C(=C\CNC(=O)OC(C)(C)C)C(=O)NCc1nccs1. The van der Waals surface area contributed by atoms with Gasteiger partial charge >= 0.3 is 6.09 Å². The van der Waals surface area contributed by atoms with E-state index in [2.05, 4.69) is 15.6 Å². The fourth-order valence-electron chi connectivity index (χ4n) is 1.33. The lowest BCUT2D eigenvalue weighted by Gasteiger charge is -2.19. The van der Waals surface area contributed by atoms with Gasteiger partial charge in [0, 0.05) is 23.7 Å². The summed E-state index contributed by atoms with van der Waals surface area (Å²) in [4.78, 5) is 27.3. The average molecular weight is 311 g/mol. The van der Waals surface area contributed by atoms with Crippen molar-refractivity contribution in [1.82, 2.24) is 15.6 Å². The molecule has 0 spiro atoms. The summed E-state index contributed by atoms with van der Waals surface area (Å²) in [5, 5.41) is 8.03. The molecule has 116 valence electrons. The molecule has 7 heteroatoms. The molecule has 0 aliphatic rings. The van der Waals surface area contributed by atoms with Gasteiger partial charge in [0.2, 0.25) is 5.91 Å². The molecule has 0 saturated heterocycles. The normalized spacial score (nSPS) is 11.9. The van der Waals surface area contributed by atoms with E-state index in [0.29, 0.717) is 12.1 Å². The van der Waals surface area contributed by atoms with Gasteiger partial charge in [-0.2, -0.15) is 0 Å². The minimum absolute atomic E-state index is 0.184. The van der Waals surface area contributed by atoms with Crippen LogP contribution in [0.25, 0.3) is 0 Å². The van der Waals surface area contributed by atoms with E-state index in [-0.39, 0.29) is 12.5 Å². The molecule has 0 fully saturated rings. The Morgan fingerprint density at radius 3 is 2.67 bits per heavy atom. The van der Waals surface area contributed by atoms with Crippen LogP contribution in [0, 0.1) is 0 Å². The Morgan fingerprint density at radius 1 is 1.38 bits per heavy atom. The molecule has 1 aromatic rings. The maximum atomic E-state index is 11.8. The first-order valence-corrected chi connectivity index (χ1v) is 7.46. The Labute approximate surface area is 128 Å². The number of thiazole rings is 1. The molecule has 1 rings (SSSR count). The van der Waals surface area contributed by atoms with Crippen molar-refractivity contribution in [2.75, 3.05) is 6.54 Å². The second kappa shape index (κ2) is 7.78. The van der Waals surface area contributed by atoms with Gasteiger partial charge in [0.05, 0.1) is 6.54 Å². The molecule has 0 saturated carbocycles. The zero-order valence-electron chi connectivity index (χ0n) is 12.7. The number of hydrogen-bond donors (Lipinski definition) is 2. The Kier molecular flexibility index (Phi) is 6.36. The van der Waals surface area contributed by atoms with Crippen molar-refractivity contribution in [2.24, 2.45) is 0 Å². The topological polar surface area (TPSA) is 80.3 Å². The van der Waals surface area contributed by atoms with Gasteiger partial charge in [-0.05, 0) is 27.7 Å². The molecule has 2 N–H and O–H groups in total. The van der Waals surface area contributed by atoms with Crippen molar-refractivity contribution in [3.05, 3.63) is 28.2 Å². The summed E-state index contributed by atoms with van der Waals surface area (Å²) in [6.07, 6.45) is 2.83. The van der Waals surface area contributed by atoms with Crippen LogP contribution in [-0.4, -0.2) is 29.1 Å². The highest BCUT2D eigenvalue weighted by Crippen LogP contribution is 2.06. The number of alkyl carbamates (subject to hydrolysis) is 1. The van der Waals surface area contributed by atoms with E-state index < -0.39 is 11.7 Å². The van der Waals surface area contributed by atoms with Gasteiger partial charge in [-0.15, -0.1) is 11.3 Å². The highest BCUT2D eigenvalue weighted by molar-refractivity contribution is 7.09. The molecular formula is C14H21N3O3S. The van der Waals surface area contributed by atoms with Gasteiger partial charge in [0.15, 0.2) is 0 Å². The first-order valence-electron chi connectivity index (χ1n) is 6.58. The summed E-state index contributed by atoms with van der Waals surface area (Å²) in [7, 11) is 0. The molecule has 21 heavy (non-hydrogen) atoms. The minimum Gasteiger partial charge on any atom is -0.444 e. The first kappa shape index (κ1) is 17.2. The molecule has 0 atom stereocenters. The van der Waals surface area contributed by atoms with Crippen LogP contribution >= 0.6 is 11.3 Å². The molecular weight excluding hydrogens is 290 g/mol. The zero-order valence-corrected chi connectivity index (χ0v) is 13.5. The maximum absolute atomic E-state index is 11.8. The van der Waals surface area contributed by atoms with E-state index in [0.717, 1.165) is 5.01 Å². The number of carbonyl (C=O) groups is 2. The minimum atomic E-state index is -0.534. The van der Waals surface area contributed by atoms with E-state index in [9.17, 15) is 9.59 Å². The van der Waals surface area contributed by atoms with Crippen LogP contribution in [-0.2, 0) is 16.1 Å². The molecule has 0 aliphatic carbocycles. The van der Waals surface area contributed by atoms with E-state index >= 15 is 0 Å². The predicted octanol–water partition coefficient (Wildman–Crippen LogP) is 2.23. The highest BCUT2D eigenvalue weighted by atomic mass is 32.1. The lowest BCUT2D eigenvalue weighted by molar-refractivity contribution is -0.117. The molecule has 0 radical (unpaired) electrons. The predicted molar refractivity (Wildman–Crippen MR) is 82.0 cm³/mol. The summed E-state index contributed by atoms with van der Waals surface area (Å²) in [6.45, 7) is 7.71. The van der Waals surface area contributed by atoms with E-state index in [4.69, 9.17) is 4.74 Å². The maximum Gasteiger partial charge on any atom is 0.407 e. The van der Waals surface area contributed by atoms with E-state index in [1.807, 2.05) is 5.38 Å². The van der Waals surface area contributed by atoms with Crippen LogP contribution in [0.5, 0.6) is 0 Å². The highest BCUT2D eigenvalue weighted by Gasteiger charge is 2.15. The largest absolute Gasteiger partial charge is 0.444 e. The number of rotatable bonds is 5. The molecule has 0 aliphatic heterocycles. The Balaban J connectivity index is 2.31. The van der Waals surface area contributed by atoms with E-state index in [1.165, 1.54) is 11.3 Å². The fraction of sp³-hybridized carbons (Fsp3) is 0.500. The van der Waals surface area contributed by atoms with Gasteiger partial charge in [-0.1, -0.05) is 6.08 Å². The second-order valence-electron chi connectivity index (χ2n) is 5.38.